The van der Waals surface area contributed by atoms with E-state index in [2.05, 4.69) is 4.90 Å². The fourth-order valence-electron chi connectivity index (χ4n) is 3.41. The molecule has 1 N–H and O–H groups in total. The van der Waals surface area contributed by atoms with Gasteiger partial charge in [-0.2, -0.15) is 0 Å². The molecule has 146 valence electrons. The molecule has 0 amide bonds. The van der Waals surface area contributed by atoms with Gasteiger partial charge in [-0.15, -0.1) is 0 Å². The first-order chi connectivity index (χ1) is 13.2. The van der Waals surface area contributed by atoms with E-state index in [4.69, 9.17) is 18.9 Å². The van der Waals surface area contributed by atoms with Gasteiger partial charge in [0.1, 0.15) is 29.6 Å². The largest absolute Gasteiger partial charge is 0.496 e. The molecule has 0 aliphatic carbocycles. The lowest BCUT2D eigenvalue weighted by molar-refractivity contribution is 0.0795. The van der Waals surface area contributed by atoms with Crippen molar-refractivity contribution in [3.8, 4) is 23.0 Å². The summed E-state index contributed by atoms with van der Waals surface area (Å²) in [6.07, 6.45) is -0.621. The summed E-state index contributed by atoms with van der Waals surface area (Å²) in [5.41, 5.74) is 1.79. The minimum absolute atomic E-state index is 0.530. The van der Waals surface area contributed by atoms with Gasteiger partial charge >= 0.3 is 0 Å². The van der Waals surface area contributed by atoms with Crippen LogP contribution in [0.15, 0.2) is 36.4 Å². The maximum atomic E-state index is 10.6. The lowest BCUT2D eigenvalue weighted by Gasteiger charge is -2.33. The molecule has 0 saturated carbocycles. The van der Waals surface area contributed by atoms with Crippen LogP contribution in [0.1, 0.15) is 24.2 Å². The molecule has 0 spiro atoms. The van der Waals surface area contributed by atoms with Gasteiger partial charge in [0.15, 0.2) is 0 Å². The summed E-state index contributed by atoms with van der Waals surface area (Å²) >= 11 is 0. The van der Waals surface area contributed by atoms with E-state index in [-0.39, 0.29) is 0 Å². The molecule has 0 radical (unpaired) electrons. The zero-order valence-electron chi connectivity index (χ0n) is 16.1. The predicted octanol–water partition coefficient (Wildman–Crippen LogP) is 3.03. The second-order valence-corrected chi connectivity index (χ2v) is 6.37. The van der Waals surface area contributed by atoms with Crippen molar-refractivity contribution in [3.63, 3.8) is 0 Å². The number of nitrogens with zero attached hydrogens (tertiary/aromatic N) is 1. The van der Waals surface area contributed by atoms with Crippen molar-refractivity contribution < 1.29 is 24.1 Å². The van der Waals surface area contributed by atoms with Gasteiger partial charge < -0.3 is 24.1 Å². The summed E-state index contributed by atoms with van der Waals surface area (Å²) in [6, 6.07) is 11.3. The van der Waals surface area contributed by atoms with Gasteiger partial charge in [0.05, 0.1) is 26.9 Å². The Kier molecular flexibility index (Phi) is 6.42. The van der Waals surface area contributed by atoms with Gasteiger partial charge in [0.2, 0.25) is 0 Å². The van der Waals surface area contributed by atoms with Crippen LogP contribution < -0.4 is 18.9 Å². The smallest absolute Gasteiger partial charge is 0.125 e. The first-order valence-electron chi connectivity index (χ1n) is 9.16. The van der Waals surface area contributed by atoms with Crippen LogP contribution in [0.3, 0.4) is 0 Å². The highest BCUT2D eigenvalue weighted by Crippen LogP contribution is 2.39. The van der Waals surface area contributed by atoms with E-state index >= 15 is 0 Å². The third-order valence-electron chi connectivity index (χ3n) is 4.67. The van der Waals surface area contributed by atoms with Crippen molar-refractivity contribution in [2.75, 3.05) is 40.5 Å². The van der Waals surface area contributed by atoms with Crippen LogP contribution in [0.4, 0.5) is 0 Å². The predicted molar refractivity (Wildman–Crippen MR) is 103 cm³/mol. The van der Waals surface area contributed by atoms with Crippen molar-refractivity contribution in [1.29, 1.82) is 0 Å². The third-order valence-corrected chi connectivity index (χ3v) is 4.67. The molecule has 6 nitrogen and oxygen atoms in total. The quantitative estimate of drug-likeness (QED) is 0.768. The molecule has 0 bridgehead atoms. The molecular weight excluding hydrogens is 346 g/mol. The fraction of sp³-hybridized carbons (Fsp3) is 0.429. The number of β-amino-alcohol motifs (C(OH)–C–C–N with tert-alkyl or cyclic N) is 1. The number of rotatable bonds is 8. The molecule has 0 fully saturated rings. The normalized spacial score (nSPS) is 16.5. The molecule has 27 heavy (non-hydrogen) atoms. The molecule has 2 aromatic rings. The lowest BCUT2D eigenvalue weighted by Crippen LogP contribution is -2.36. The first kappa shape index (κ1) is 19.3. The Balaban J connectivity index is 1.61. The summed E-state index contributed by atoms with van der Waals surface area (Å²) in [6.45, 7) is 5.04. The van der Waals surface area contributed by atoms with Gasteiger partial charge in [-0.25, -0.2) is 0 Å². The maximum absolute atomic E-state index is 10.6. The second kappa shape index (κ2) is 8.97. The second-order valence-electron chi connectivity index (χ2n) is 6.37. The van der Waals surface area contributed by atoms with Crippen LogP contribution in [0, 0.1) is 0 Å². The summed E-state index contributed by atoms with van der Waals surface area (Å²) in [5, 5.41) is 10.6. The summed E-state index contributed by atoms with van der Waals surface area (Å²) in [7, 11) is 3.26. The van der Waals surface area contributed by atoms with E-state index in [1.54, 1.807) is 14.2 Å². The molecular formula is C21H27NO5. The number of fused-ring (bicyclic) bond motifs is 1. The molecule has 3 rings (SSSR count). The van der Waals surface area contributed by atoms with Crippen LogP contribution in [0.25, 0.3) is 0 Å². The topological polar surface area (TPSA) is 60.4 Å². The van der Waals surface area contributed by atoms with Gasteiger partial charge in [-0.1, -0.05) is 0 Å². The Bertz CT molecular complexity index is 747. The summed E-state index contributed by atoms with van der Waals surface area (Å²) in [5.74, 6) is 3.10. The average Bonchev–Trinajstić information content (AvgIpc) is 2.68. The number of hydrogen-bond acceptors (Lipinski definition) is 6. The van der Waals surface area contributed by atoms with E-state index < -0.39 is 6.10 Å². The third kappa shape index (κ3) is 4.46. The highest BCUT2D eigenvalue weighted by Gasteiger charge is 2.29. The molecule has 1 atom stereocenters. The van der Waals surface area contributed by atoms with Crippen LogP contribution in [-0.2, 0) is 6.54 Å². The number of ether oxygens (including phenoxy) is 4. The highest BCUT2D eigenvalue weighted by atomic mass is 16.5. The average molecular weight is 373 g/mol. The van der Waals surface area contributed by atoms with Gasteiger partial charge in [0.25, 0.3) is 0 Å². The van der Waals surface area contributed by atoms with E-state index in [0.717, 1.165) is 28.4 Å². The van der Waals surface area contributed by atoms with E-state index in [0.29, 0.717) is 38.6 Å². The minimum Gasteiger partial charge on any atom is -0.496 e. The molecule has 0 aromatic heterocycles. The van der Waals surface area contributed by atoms with Crippen molar-refractivity contribution in [2.45, 2.75) is 19.6 Å². The number of aliphatic hydroxyl groups excluding tert-OH is 1. The standard InChI is InChI=1S/C21H27NO5/c1-4-26-15-5-7-16(8-6-15)27-12-11-22-13-17-19(24-2)9-10-20(25-3)21(17)18(23)14-22/h5-10,18,23H,4,11-14H2,1-3H3/t18-/m1/s1. The number of hydrogen-bond donors (Lipinski definition) is 1. The molecule has 0 unspecified atom stereocenters. The molecule has 1 aliphatic heterocycles. The van der Waals surface area contributed by atoms with E-state index in [9.17, 15) is 5.11 Å². The highest BCUT2D eigenvalue weighted by molar-refractivity contribution is 5.51. The Morgan fingerprint density at radius 3 is 2.22 bits per heavy atom. The zero-order chi connectivity index (χ0) is 19.2. The van der Waals surface area contributed by atoms with E-state index in [1.165, 1.54) is 0 Å². The van der Waals surface area contributed by atoms with Crippen LogP contribution >= 0.6 is 0 Å². The molecule has 6 heteroatoms. The summed E-state index contributed by atoms with van der Waals surface area (Å²) in [4.78, 5) is 2.16. The molecule has 1 heterocycles. The number of aliphatic hydroxyl groups is 1. The van der Waals surface area contributed by atoms with Gasteiger partial charge in [-0.05, 0) is 43.3 Å². The zero-order valence-corrected chi connectivity index (χ0v) is 16.1. The van der Waals surface area contributed by atoms with Crippen LogP contribution in [-0.4, -0.2) is 50.5 Å². The fourth-order valence-corrected chi connectivity index (χ4v) is 3.41. The summed E-state index contributed by atoms with van der Waals surface area (Å²) < 4.78 is 22.2. The van der Waals surface area contributed by atoms with Crippen LogP contribution in [0.2, 0.25) is 0 Å². The van der Waals surface area contributed by atoms with Gasteiger partial charge in [-0.3, -0.25) is 4.90 Å². The lowest BCUT2D eigenvalue weighted by atomic mass is 9.95. The monoisotopic (exact) mass is 373 g/mol. The van der Waals surface area contributed by atoms with Crippen molar-refractivity contribution in [2.24, 2.45) is 0 Å². The molecule has 2 aromatic carbocycles. The Hall–Kier alpha value is -2.44. The number of benzene rings is 2. The van der Waals surface area contributed by atoms with Crippen molar-refractivity contribution in [3.05, 3.63) is 47.5 Å². The molecule has 0 saturated heterocycles. The van der Waals surface area contributed by atoms with Crippen molar-refractivity contribution in [1.82, 2.24) is 4.90 Å². The molecule has 1 aliphatic rings. The SMILES string of the molecule is CCOc1ccc(OCCN2Cc3c(OC)ccc(OC)c3[C@H](O)C2)cc1. The maximum Gasteiger partial charge on any atom is 0.125 e. The van der Waals surface area contributed by atoms with Gasteiger partial charge in [0, 0.05) is 30.8 Å². The Labute approximate surface area is 160 Å². The Morgan fingerprint density at radius 1 is 0.963 bits per heavy atom. The Morgan fingerprint density at radius 2 is 1.59 bits per heavy atom. The van der Waals surface area contributed by atoms with Crippen molar-refractivity contribution >= 4 is 0 Å². The van der Waals surface area contributed by atoms with Crippen LogP contribution in [0.5, 0.6) is 23.0 Å². The number of methoxy groups -OCH3 is 2. The first-order valence-corrected chi connectivity index (χ1v) is 9.16. The minimum atomic E-state index is -0.621. The van der Waals surface area contributed by atoms with E-state index in [1.807, 2.05) is 43.3 Å².